The van der Waals surface area contributed by atoms with Crippen LogP contribution in [0, 0.1) is 0 Å². The standard InChI is InChI=1S/C19H23NO5/c1-20-9-17-19(5-4-11(21-2)6-16(19)20)13-8-15-14(23-10-24-15)7-12(13)18(22-3)25-17/h4-5,7-8,11,16-18H,6,9-10H2,1-3H3. The van der Waals surface area contributed by atoms with E-state index in [1.807, 2.05) is 6.07 Å². The number of hydrogen-bond acceptors (Lipinski definition) is 6. The third kappa shape index (κ3) is 1.99. The molecular weight excluding hydrogens is 322 g/mol. The van der Waals surface area contributed by atoms with Gasteiger partial charge in [-0.15, -0.1) is 0 Å². The fraction of sp³-hybridized carbons (Fsp3) is 0.579. The van der Waals surface area contributed by atoms with Crippen LogP contribution in [-0.4, -0.2) is 57.8 Å². The molecule has 1 aliphatic carbocycles. The average Bonchev–Trinajstić information content (AvgIpc) is 3.21. The number of benzene rings is 1. The summed E-state index contributed by atoms with van der Waals surface area (Å²) >= 11 is 0. The molecule has 1 aromatic rings. The maximum absolute atomic E-state index is 6.39. The third-order valence-electron chi connectivity index (χ3n) is 6.18. The van der Waals surface area contributed by atoms with Crippen LogP contribution in [0.15, 0.2) is 24.3 Å². The first-order valence-electron chi connectivity index (χ1n) is 8.72. The molecule has 25 heavy (non-hydrogen) atoms. The Morgan fingerprint density at radius 1 is 1.16 bits per heavy atom. The van der Waals surface area contributed by atoms with Gasteiger partial charge in [0, 0.05) is 32.4 Å². The van der Waals surface area contributed by atoms with Crippen molar-refractivity contribution in [1.29, 1.82) is 0 Å². The van der Waals surface area contributed by atoms with Gasteiger partial charge in [0.15, 0.2) is 17.8 Å². The van der Waals surface area contributed by atoms with Gasteiger partial charge in [0.05, 0.1) is 17.6 Å². The van der Waals surface area contributed by atoms with Crippen molar-refractivity contribution >= 4 is 0 Å². The van der Waals surface area contributed by atoms with Crippen LogP contribution in [0.1, 0.15) is 23.8 Å². The fourth-order valence-corrected chi connectivity index (χ4v) is 4.98. The second-order valence-corrected chi connectivity index (χ2v) is 7.24. The van der Waals surface area contributed by atoms with Crippen LogP contribution in [0.5, 0.6) is 11.5 Å². The molecule has 1 saturated heterocycles. The van der Waals surface area contributed by atoms with Crippen molar-refractivity contribution in [1.82, 2.24) is 4.90 Å². The number of nitrogens with zero attached hydrogens (tertiary/aromatic N) is 1. The molecule has 5 rings (SSSR count). The Labute approximate surface area is 147 Å². The smallest absolute Gasteiger partial charge is 0.231 e. The summed E-state index contributed by atoms with van der Waals surface area (Å²) in [7, 11) is 5.61. The molecule has 0 N–H and O–H groups in total. The number of hydrogen-bond donors (Lipinski definition) is 0. The minimum absolute atomic E-state index is 0.0365. The van der Waals surface area contributed by atoms with E-state index in [2.05, 4.69) is 30.2 Å². The Hall–Kier alpha value is -1.60. The highest BCUT2D eigenvalue weighted by Gasteiger charge is 2.59. The van der Waals surface area contributed by atoms with Gasteiger partial charge in [0.1, 0.15) is 0 Å². The summed E-state index contributed by atoms with van der Waals surface area (Å²) in [6.45, 7) is 1.12. The second kappa shape index (κ2) is 5.45. The summed E-state index contributed by atoms with van der Waals surface area (Å²) in [6.07, 6.45) is 5.18. The van der Waals surface area contributed by atoms with E-state index in [1.165, 1.54) is 5.56 Å². The number of likely N-dealkylation sites (N-methyl/N-ethyl adjacent to an activating group) is 1. The third-order valence-corrected chi connectivity index (χ3v) is 6.18. The lowest BCUT2D eigenvalue weighted by molar-refractivity contribution is -0.178. The molecule has 0 saturated carbocycles. The van der Waals surface area contributed by atoms with Crippen molar-refractivity contribution in [2.24, 2.45) is 0 Å². The highest BCUT2D eigenvalue weighted by molar-refractivity contribution is 5.56. The highest BCUT2D eigenvalue weighted by Crippen LogP contribution is 2.55. The van der Waals surface area contributed by atoms with Crippen molar-refractivity contribution in [3.8, 4) is 11.5 Å². The van der Waals surface area contributed by atoms with Crippen molar-refractivity contribution < 1.29 is 23.7 Å². The van der Waals surface area contributed by atoms with Crippen LogP contribution in [0.3, 0.4) is 0 Å². The van der Waals surface area contributed by atoms with Crippen LogP contribution in [0.25, 0.3) is 0 Å². The largest absolute Gasteiger partial charge is 0.454 e. The van der Waals surface area contributed by atoms with Gasteiger partial charge in [-0.1, -0.05) is 12.2 Å². The molecule has 6 heteroatoms. The first-order valence-corrected chi connectivity index (χ1v) is 8.72. The Balaban J connectivity index is 1.72. The van der Waals surface area contributed by atoms with E-state index in [0.717, 1.165) is 30.0 Å². The molecule has 5 unspecified atom stereocenters. The Bertz CT molecular complexity index is 735. The molecule has 1 fully saturated rings. The minimum Gasteiger partial charge on any atom is -0.454 e. The molecule has 0 radical (unpaired) electrons. The van der Waals surface area contributed by atoms with Gasteiger partial charge in [0.25, 0.3) is 0 Å². The van der Waals surface area contributed by atoms with E-state index < -0.39 is 0 Å². The normalized spacial score (nSPS) is 38.4. The molecule has 4 aliphatic rings. The van der Waals surface area contributed by atoms with E-state index in [9.17, 15) is 0 Å². The lowest BCUT2D eigenvalue weighted by Crippen LogP contribution is -2.52. The molecule has 1 aromatic carbocycles. The predicted molar refractivity (Wildman–Crippen MR) is 89.8 cm³/mol. The van der Waals surface area contributed by atoms with Gasteiger partial charge in [-0.2, -0.15) is 0 Å². The van der Waals surface area contributed by atoms with Crippen molar-refractivity contribution in [2.45, 2.75) is 36.4 Å². The second-order valence-electron chi connectivity index (χ2n) is 7.24. The monoisotopic (exact) mass is 345 g/mol. The SMILES string of the molecule is COC1C=CC23c4cc5c(cc4C(OC)OC2CN(C)C3C1)OCO5. The van der Waals surface area contributed by atoms with E-state index in [4.69, 9.17) is 23.7 Å². The van der Waals surface area contributed by atoms with Gasteiger partial charge in [0.2, 0.25) is 6.79 Å². The highest BCUT2D eigenvalue weighted by atomic mass is 16.7. The zero-order valence-electron chi connectivity index (χ0n) is 14.7. The Kier molecular flexibility index (Phi) is 3.41. The van der Waals surface area contributed by atoms with E-state index in [-0.39, 0.29) is 30.7 Å². The number of methoxy groups -OCH3 is 2. The first kappa shape index (κ1) is 15.6. The summed E-state index contributed by atoms with van der Waals surface area (Å²) in [5.41, 5.74) is 2.04. The van der Waals surface area contributed by atoms with E-state index in [0.29, 0.717) is 6.04 Å². The number of likely N-dealkylation sites (tertiary alicyclic amines) is 1. The summed E-state index contributed by atoms with van der Waals surface area (Å²) < 4.78 is 28.9. The molecule has 0 aromatic heterocycles. The molecule has 0 bridgehead atoms. The van der Waals surface area contributed by atoms with Gasteiger partial charge >= 0.3 is 0 Å². The van der Waals surface area contributed by atoms with Gasteiger partial charge in [-0.05, 0) is 31.2 Å². The van der Waals surface area contributed by atoms with Gasteiger partial charge in [-0.3, -0.25) is 4.90 Å². The maximum Gasteiger partial charge on any atom is 0.231 e. The molecule has 1 spiro atoms. The first-order chi connectivity index (χ1) is 12.2. The molecule has 6 nitrogen and oxygen atoms in total. The summed E-state index contributed by atoms with van der Waals surface area (Å²) in [5.74, 6) is 1.57. The number of ether oxygens (including phenoxy) is 5. The lowest BCUT2D eigenvalue weighted by atomic mass is 9.65. The zero-order chi connectivity index (χ0) is 17.2. The average molecular weight is 345 g/mol. The van der Waals surface area contributed by atoms with E-state index in [1.54, 1.807) is 14.2 Å². The summed E-state index contributed by atoms with van der Waals surface area (Å²) in [5, 5.41) is 0. The fourth-order valence-electron chi connectivity index (χ4n) is 4.98. The zero-order valence-corrected chi connectivity index (χ0v) is 14.7. The van der Waals surface area contributed by atoms with Crippen LogP contribution >= 0.6 is 0 Å². The van der Waals surface area contributed by atoms with Crippen molar-refractivity contribution in [2.75, 3.05) is 34.6 Å². The quantitative estimate of drug-likeness (QED) is 0.764. The Morgan fingerprint density at radius 3 is 2.72 bits per heavy atom. The summed E-state index contributed by atoms with van der Waals surface area (Å²) in [4.78, 5) is 2.38. The summed E-state index contributed by atoms with van der Waals surface area (Å²) in [6, 6.07) is 4.45. The van der Waals surface area contributed by atoms with Gasteiger partial charge in [-0.25, -0.2) is 0 Å². The van der Waals surface area contributed by atoms with Crippen LogP contribution in [0.4, 0.5) is 0 Å². The van der Waals surface area contributed by atoms with Gasteiger partial charge < -0.3 is 23.7 Å². The molecule has 3 heterocycles. The van der Waals surface area contributed by atoms with E-state index >= 15 is 0 Å². The topological polar surface area (TPSA) is 49.4 Å². The van der Waals surface area contributed by atoms with Crippen LogP contribution in [0.2, 0.25) is 0 Å². The number of fused-ring (bicyclic) bond motifs is 2. The molecule has 134 valence electrons. The van der Waals surface area contributed by atoms with Crippen LogP contribution in [-0.2, 0) is 19.6 Å². The van der Waals surface area contributed by atoms with Crippen molar-refractivity contribution in [3.05, 3.63) is 35.4 Å². The number of rotatable bonds is 2. The van der Waals surface area contributed by atoms with Crippen LogP contribution < -0.4 is 9.47 Å². The Morgan fingerprint density at radius 2 is 1.96 bits per heavy atom. The molecular formula is C19H23NO5. The minimum atomic E-state index is -0.388. The molecule has 5 atom stereocenters. The molecule has 3 aliphatic heterocycles. The lowest BCUT2D eigenvalue weighted by Gasteiger charge is -2.47. The molecule has 0 amide bonds. The predicted octanol–water partition coefficient (Wildman–Crippen LogP) is 1.99. The van der Waals surface area contributed by atoms with Crippen molar-refractivity contribution in [3.63, 3.8) is 0 Å². The maximum atomic E-state index is 6.39.